The third-order valence-corrected chi connectivity index (χ3v) is 3.89. The predicted octanol–water partition coefficient (Wildman–Crippen LogP) is 2.99. The Kier molecular flexibility index (Phi) is 5.78. The molecule has 6 nitrogen and oxygen atoms in total. The number of pyridine rings is 1. The van der Waals surface area contributed by atoms with E-state index in [2.05, 4.69) is 15.0 Å². The summed E-state index contributed by atoms with van der Waals surface area (Å²) in [5.41, 5.74) is 1.02. The molecule has 3 aromatic rings. The molecule has 0 bridgehead atoms. The fraction of sp³-hybridized carbons (Fsp3) is 0.150. The molecule has 0 radical (unpaired) electrons. The summed E-state index contributed by atoms with van der Waals surface area (Å²) in [5, 5.41) is 2.95. The quantitative estimate of drug-likeness (QED) is 0.659. The van der Waals surface area contributed by atoms with E-state index in [9.17, 15) is 18.4 Å². The number of hydrogen-bond acceptors (Lipinski definition) is 5. The fourth-order valence-corrected chi connectivity index (χ4v) is 2.49. The van der Waals surface area contributed by atoms with E-state index < -0.39 is 17.7 Å². The minimum absolute atomic E-state index is 0.0247. The van der Waals surface area contributed by atoms with Crippen LogP contribution in [0.2, 0.25) is 0 Å². The van der Waals surface area contributed by atoms with Gasteiger partial charge in [-0.1, -0.05) is 12.1 Å². The summed E-state index contributed by atoms with van der Waals surface area (Å²) in [5.74, 6) is -1.87. The monoisotopic (exact) mass is 386 g/mol. The Morgan fingerprint density at radius 2 is 1.75 bits per heavy atom. The number of halogens is 2. The average molecular weight is 386 g/mol. The number of ether oxygens (including phenoxy) is 2. The van der Waals surface area contributed by atoms with Crippen LogP contribution >= 0.6 is 0 Å². The van der Waals surface area contributed by atoms with Gasteiger partial charge in [0.2, 0.25) is 0 Å². The van der Waals surface area contributed by atoms with Crippen molar-refractivity contribution in [1.82, 2.24) is 10.3 Å². The largest absolute Gasteiger partial charge is 0.483 e. The Balaban J connectivity index is 1.73. The Hall–Kier alpha value is -3.55. The third kappa shape index (κ3) is 4.59. The van der Waals surface area contributed by atoms with Crippen LogP contribution in [0.5, 0.6) is 5.75 Å². The van der Waals surface area contributed by atoms with Crippen LogP contribution in [0.3, 0.4) is 0 Å². The summed E-state index contributed by atoms with van der Waals surface area (Å²) in [7, 11) is 1.21. The first kappa shape index (κ1) is 19.2. The molecule has 0 aliphatic rings. The molecule has 0 saturated carbocycles. The van der Waals surface area contributed by atoms with Crippen LogP contribution in [0, 0.1) is 11.6 Å². The van der Waals surface area contributed by atoms with Gasteiger partial charge in [-0.3, -0.25) is 4.79 Å². The zero-order chi connectivity index (χ0) is 20.1. The van der Waals surface area contributed by atoms with E-state index >= 15 is 0 Å². The second-order valence-corrected chi connectivity index (χ2v) is 5.85. The van der Waals surface area contributed by atoms with Gasteiger partial charge in [0, 0.05) is 18.0 Å². The summed E-state index contributed by atoms with van der Waals surface area (Å²) < 4.78 is 36.6. The van der Waals surface area contributed by atoms with Crippen molar-refractivity contribution in [2.75, 3.05) is 13.7 Å². The van der Waals surface area contributed by atoms with Crippen molar-refractivity contribution in [3.63, 3.8) is 0 Å². The average Bonchev–Trinajstić information content (AvgIpc) is 2.70. The summed E-state index contributed by atoms with van der Waals surface area (Å²) in [6.45, 7) is -0.168. The van der Waals surface area contributed by atoms with Gasteiger partial charge < -0.3 is 14.8 Å². The lowest BCUT2D eigenvalue weighted by Crippen LogP contribution is -2.28. The standard InChI is InChI=1S/C20H16F2N2O4/c1-27-20(26)17-9-18(15-8-14(22)6-7-16(15)24-17)28-11-19(25)23-10-12-2-4-13(21)5-3-12/h2-9H,10-11H2,1H3,(H,23,25). The molecule has 0 aliphatic heterocycles. The third-order valence-electron chi connectivity index (χ3n) is 3.89. The van der Waals surface area contributed by atoms with E-state index in [4.69, 9.17) is 4.74 Å². The summed E-state index contributed by atoms with van der Waals surface area (Å²) in [4.78, 5) is 27.9. The number of nitrogens with zero attached hydrogens (tertiary/aromatic N) is 1. The van der Waals surface area contributed by atoms with Crippen LogP contribution in [0.15, 0.2) is 48.5 Å². The molecule has 0 spiro atoms. The van der Waals surface area contributed by atoms with Crippen LogP contribution in [0.4, 0.5) is 8.78 Å². The van der Waals surface area contributed by atoms with E-state index in [0.29, 0.717) is 10.9 Å². The maximum Gasteiger partial charge on any atom is 0.356 e. The number of hydrogen-bond donors (Lipinski definition) is 1. The number of rotatable bonds is 6. The van der Waals surface area contributed by atoms with Gasteiger partial charge in [-0.2, -0.15) is 0 Å². The van der Waals surface area contributed by atoms with Gasteiger partial charge in [-0.25, -0.2) is 18.6 Å². The van der Waals surface area contributed by atoms with Crippen molar-refractivity contribution >= 4 is 22.8 Å². The van der Waals surface area contributed by atoms with Gasteiger partial charge in [-0.05, 0) is 35.9 Å². The number of fused-ring (bicyclic) bond motifs is 1. The molecule has 28 heavy (non-hydrogen) atoms. The molecule has 144 valence electrons. The number of benzene rings is 2. The van der Waals surface area contributed by atoms with Gasteiger partial charge in [0.05, 0.1) is 12.6 Å². The van der Waals surface area contributed by atoms with Crippen LogP contribution in [0.1, 0.15) is 16.1 Å². The zero-order valence-corrected chi connectivity index (χ0v) is 14.9. The van der Waals surface area contributed by atoms with E-state index in [1.54, 1.807) is 12.1 Å². The SMILES string of the molecule is COC(=O)c1cc(OCC(=O)NCc2ccc(F)cc2)c2cc(F)ccc2n1. The number of carbonyl (C=O) groups is 2. The smallest absolute Gasteiger partial charge is 0.356 e. The molecule has 0 unspecified atom stereocenters. The van der Waals surface area contributed by atoms with Crippen molar-refractivity contribution in [3.05, 3.63) is 71.4 Å². The normalized spacial score (nSPS) is 10.5. The molecule has 0 atom stereocenters. The molecule has 1 N–H and O–H groups in total. The van der Waals surface area contributed by atoms with E-state index in [1.165, 1.54) is 43.5 Å². The molecular formula is C20H16F2N2O4. The van der Waals surface area contributed by atoms with Crippen molar-refractivity contribution in [3.8, 4) is 5.75 Å². The van der Waals surface area contributed by atoms with Crippen molar-refractivity contribution < 1.29 is 27.8 Å². The number of esters is 1. The first-order chi connectivity index (χ1) is 13.5. The molecule has 1 amide bonds. The summed E-state index contributed by atoms with van der Waals surface area (Å²) in [6.07, 6.45) is 0. The molecule has 8 heteroatoms. The van der Waals surface area contributed by atoms with Gasteiger partial charge in [0.1, 0.15) is 17.4 Å². The number of methoxy groups -OCH3 is 1. The molecular weight excluding hydrogens is 370 g/mol. The number of carbonyl (C=O) groups excluding carboxylic acids is 2. The number of nitrogens with one attached hydrogen (secondary N) is 1. The Labute approximate surface area is 159 Å². The first-order valence-electron chi connectivity index (χ1n) is 8.29. The van der Waals surface area contributed by atoms with Gasteiger partial charge in [0.15, 0.2) is 12.3 Å². The predicted molar refractivity (Wildman–Crippen MR) is 96.8 cm³/mol. The molecule has 0 aliphatic carbocycles. The molecule has 1 heterocycles. The molecule has 2 aromatic carbocycles. The number of amides is 1. The summed E-state index contributed by atoms with van der Waals surface area (Å²) >= 11 is 0. The maximum absolute atomic E-state index is 13.6. The van der Waals surface area contributed by atoms with Crippen LogP contribution in [-0.2, 0) is 16.1 Å². The van der Waals surface area contributed by atoms with Crippen molar-refractivity contribution in [2.24, 2.45) is 0 Å². The van der Waals surface area contributed by atoms with E-state index in [-0.39, 0.29) is 30.4 Å². The highest BCUT2D eigenvalue weighted by Gasteiger charge is 2.15. The van der Waals surface area contributed by atoms with Crippen LogP contribution in [-0.4, -0.2) is 30.6 Å². The highest BCUT2D eigenvalue weighted by Crippen LogP contribution is 2.26. The maximum atomic E-state index is 13.6. The first-order valence-corrected chi connectivity index (χ1v) is 8.29. The van der Waals surface area contributed by atoms with E-state index in [1.807, 2.05) is 0 Å². The highest BCUT2D eigenvalue weighted by molar-refractivity contribution is 5.94. The van der Waals surface area contributed by atoms with Gasteiger partial charge in [0.25, 0.3) is 5.91 Å². The zero-order valence-electron chi connectivity index (χ0n) is 14.9. The fourth-order valence-electron chi connectivity index (χ4n) is 2.49. The lowest BCUT2D eigenvalue weighted by molar-refractivity contribution is -0.123. The lowest BCUT2D eigenvalue weighted by Gasteiger charge is -2.11. The molecule has 1 aromatic heterocycles. The minimum atomic E-state index is -0.683. The Morgan fingerprint density at radius 3 is 2.46 bits per heavy atom. The van der Waals surface area contributed by atoms with Gasteiger partial charge in [-0.15, -0.1) is 0 Å². The second-order valence-electron chi connectivity index (χ2n) is 5.85. The van der Waals surface area contributed by atoms with Crippen LogP contribution < -0.4 is 10.1 Å². The Morgan fingerprint density at radius 1 is 1.04 bits per heavy atom. The van der Waals surface area contributed by atoms with Crippen LogP contribution in [0.25, 0.3) is 10.9 Å². The molecule has 0 fully saturated rings. The number of aromatic nitrogens is 1. The lowest BCUT2D eigenvalue weighted by atomic mass is 10.1. The molecule has 3 rings (SSSR count). The minimum Gasteiger partial charge on any atom is -0.483 e. The van der Waals surface area contributed by atoms with E-state index in [0.717, 1.165) is 5.56 Å². The molecule has 0 saturated heterocycles. The summed E-state index contributed by atoms with van der Waals surface area (Å²) in [6, 6.07) is 10.8. The highest BCUT2D eigenvalue weighted by atomic mass is 19.1. The Bertz CT molecular complexity index is 1020. The van der Waals surface area contributed by atoms with Crippen molar-refractivity contribution in [2.45, 2.75) is 6.54 Å². The van der Waals surface area contributed by atoms with Gasteiger partial charge >= 0.3 is 5.97 Å². The van der Waals surface area contributed by atoms with Crippen molar-refractivity contribution in [1.29, 1.82) is 0 Å². The second kappa shape index (κ2) is 8.43. The topological polar surface area (TPSA) is 77.5 Å².